The molecular weight excluding hydrogens is 212 g/mol. The van der Waals surface area contributed by atoms with Crippen LogP contribution < -0.4 is 0 Å². The Balaban J connectivity index is 2.70. The highest BCUT2D eigenvalue weighted by Gasteiger charge is 2.25. The van der Waals surface area contributed by atoms with Crippen molar-refractivity contribution in [1.29, 1.82) is 0 Å². The number of fused-ring (bicyclic) bond motifs is 1. The maximum absolute atomic E-state index is 5.82. The van der Waals surface area contributed by atoms with Crippen LogP contribution in [-0.4, -0.2) is 9.97 Å². The molecule has 2 aromatic heterocycles. The van der Waals surface area contributed by atoms with Crippen LogP contribution >= 0.6 is 0 Å². The average Bonchev–Trinajstić information content (AvgIpc) is 2.57. The number of hydrogen-bond acceptors (Lipinski definition) is 3. The van der Waals surface area contributed by atoms with Gasteiger partial charge in [-0.3, -0.25) is 4.98 Å². The Hall–Kier alpha value is -1.38. The molecule has 0 aliphatic rings. The van der Waals surface area contributed by atoms with E-state index in [9.17, 15) is 0 Å². The van der Waals surface area contributed by atoms with E-state index < -0.39 is 0 Å². The lowest BCUT2D eigenvalue weighted by Crippen LogP contribution is -2.14. The van der Waals surface area contributed by atoms with Gasteiger partial charge in [-0.2, -0.15) is 0 Å². The van der Waals surface area contributed by atoms with Crippen molar-refractivity contribution in [2.75, 3.05) is 0 Å². The molecule has 0 N–H and O–H groups in total. The SMILES string of the molecule is CC(C)(C)c1nc2c(C(C)(C)C)nccc2o1. The minimum absolute atomic E-state index is 0.0223. The van der Waals surface area contributed by atoms with Crippen molar-refractivity contribution in [2.45, 2.75) is 52.4 Å². The van der Waals surface area contributed by atoms with Crippen LogP contribution in [0.15, 0.2) is 16.7 Å². The lowest BCUT2D eigenvalue weighted by atomic mass is 9.91. The first kappa shape index (κ1) is 12.1. The molecule has 0 atom stereocenters. The fourth-order valence-electron chi connectivity index (χ4n) is 1.72. The lowest BCUT2D eigenvalue weighted by Gasteiger charge is -2.17. The molecule has 0 amide bonds. The molecule has 0 unspecified atom stereocenters. The molecule has 0 saturated carbocycles. The largest absolute Gasteiger partial charge is 0.440 e. The van der Waals surface area contributed by atoms with Gasteiger partial charge in [0.15, 0.2) is 5.58 Å². The standard InChI is InChI=1S/C14H20N2O/c1-13(2,3)11-10-9(7-8-15-11)17-12(16-10)14(4,5)6/h7-8H,1-6H3. The Morgan fingerprint density at radius 2 is 1.65 bits per heavy atom. The van der Waals surface area contributed by atoms with E-state index in [4.69, 9.17) is 4.42 Å². The summed E-state index contributed by atoms with van der Waals surface area (Å²) in [4.78, 5) is 9.07. The van der Waals surface area contributed by atoms with E-state index >= 15 is 0 Å². The first-order valence-corrected chi connectivity index (χ1v) is 5.96. The molecule has 17 heavy (non-hydrogen) atoms. The van der Waals surface area contributed by atoms with Crippen molar-refractivity contribution in [1.82, 2.24) is 9.97 Å². The van der Waals surface area contributed by atoms with E-state index in [2.05, 4.69) is 51.5 Å². The number of aromatic nitrogens is 2. The predicted octanol–water partition coefficient (Wildman–Crippen LogP) is 3.82. The number of rotatable bonds is 0. The molecule has 0 saturated heterocycles. The van der Waals surface area contributed by atoms with Crippen LogP contribution in [0.25, 0.3) is 11.1 Å². The van der Waals surface area contributed by atoms with Crippen LogP contribution in [0.2, 0.25) is 0 Å². The van der Waals surface area contributed by atoms with Crippen LogP contribution in [0.4, 0.5) is 0 Å². The first-order valence-electron chi connectivity index (χ1n) is 5.96. The van der Waals surface area contributed by atoms with Crippen molar-refractivity contribution in [3.63, 3.8) is 0 Å². The molecule has 2 rings (SSSR count). The fourth-order valence-corrected chi connectivity index (χ4v) is 1.72. The van der Waals surface area contributed by atoms with Gasteiger partial charge in [-0.05, 0) is 0 Å². The van der Waals surface area contributed by atoms with Gasteiger partial charge in [0.2, 0.25) is 5.89 Å². The molecule has 3 heteroatoms. The van der Waals surface area contributed by atoms with Gasteiger partial charge in [0, 0.05) is 23.1 Å². The van der Waals surface area contributed by atoms with Crippen LogP contribution in [0.5, 0.6) is 0 Å². The average molecular weight is 232 g/mol. The molecule has 0 aliphatic heterocycles. The van der Waals surface area contributed by atoms with E-state index in [1.165, 1.54) is 0 Å². The highest BCUT2D eigenvalue weighted by Crippen LogP contribution is 2.31. The van der Waals surface area contributed by atoms with Crippen LogP contribution in [0.1, 0.15) is 53.1 Å². The number of oxazole rings is 1. The summed E-state index contributed by atoms with van der Waals surface area (Å²) >= 11 is 0. The topological polar surface area (TPSA) is 38.9 Å². The quantitative estimate of drug-likeness (QED) is 0.693. The molecule has 0 radical (unpaired) electrons. The molecular formula is C14H20N2O. The molecule has 2 aromatic rings. The maximum atomic E-state index is 5.82. The van der Waals surface area contributed by atoms with Gasteiger partial charge in [0.25, 0.3) is 0 Å². The molecule has 0 aliphatic carbocycles. The van der Waals surface area contributed by atoms with Crippen molar-refractivity contribution in [2.24, 2.45) is 0 Å². The smallest absolute Gasteiger partial charge is 0.200 e. The summed E-state index contributed by atoms with van der Waals surface area (Å²) in [6, 6.07) is 1.88. The lowest BCUT2D eigenvalue weighted by molar-refractivity contribution is 0.411. The number of nitrogens with zero attached hydrogens (tertiary/aromatic N) is 2. The summed E-state index contributed by atoms with van der Waals surface area (Å²) in [5.74, 6) is 0.769. The zero-order valence-corrected chi connectivity index (χ0v) is 11.5. The minimum Gasteiger partial charge on any atom is -0.440 e. The van der Waals surface area contributed by atoms with Crippen LogP contribution in [-0.2, 0) is 10.8 Å². The van der Waals surface area contributed by atoms with E-state index in [-0.39, 0.29) is 10.8 Å². The van der Waals surface area contributed by atoms with Gasteiger partial charge >= 0.3 is 0 Å². The molecule has 92 valence electrons. The summed E-state index contributed by atoms with van der Waals surface area (Å²) in [6.45, 7) is 12.7. The Bertz CT molecular complexity index is 541. The van der Waals surface area contributed by atoms with Crippen molar-refractivity contribution >= 4 is 11.1 Å². The first-order chi connectivity index (χ1) is 7.69. The van der Waals surface area contributed by atoms with Gasteiger partial charge in [0.1, 0.15) is 5.52 Å². The predicted molar refractivity (Wildman–Crippen MR) is 69.2 cm³/mol. The second-order valence-corrected chi connectivity index (χ2v) is 6.53. The van der Waals surface area contributed by atoms with Gasteiger partial charge < -0.3 is 4.42 Å². The zero-order chi connectivity index (χ0) is 12.8. The second-order valence-electron chi connectivity index (χ2n) is 6.53. The summed E-state index contributed by atoms with van der Waals surface area (Å²) < 4.78 is 5.82. The van der Waals surface area contributed by atoms with E-state index in [0.717, 1.165) is 22.7 Å². The highest BCUT2D eigenvalue weighted by atomic mass is 16.3. The normalized spacial score (nSPS) is 13.3. The highest BCUT2D eigenvalue weighted by molar-refractivity contribution is 5.76. The van der Waals surface area contributed by atoms with Crippen LogP contribution in [0, 0.1) is 0 Å². The third kappa shape index (κ3) is 2.19. The third-order valence-corrected chi connectivity index (χ3v) is 2.66. The number of hydrogen-bond donors (Lipinski definition) is 0. The molecule has 0 spiro atoms. The van der Waals surface area contributed by atoms with Gasteiger partial charge in [0.05, 0.1) is 5.69 Å². The molecule has 2 heterocycles. The van der Waals surface area contributed by atoms with Crippen LogP contribution in [0.3, 0.4) is 0 Å². The maximum Gasteiger partial charge on any atom is 0.200 e. The van der Waals surface area contributed by atoms with Gasteiger partial charge in [-0.1, -0.05) is 41.5 Å². The summed E-state index contributed by atoms with van der Waals surface area (Å²) in [7, 11) is 0. The summed E-state index contributed by atoms with van der Waals surface area (Å²) in [5.41, 5.74) is 2.62. The van der Waals surface area contributed by atoms with Crippen molar-refractivity contribution in [3.05, 3.63) is 23.8 Å². The Morgan fingerprint density at radius 3 is 2.18 bits per heavy atom. The molecule has 0 fully saturated rings. The van der Waals surface area contributed by atoms with Gasteiger partial charge in [-0.15, -0.1) is 0 Å². The van der Waals surface area contributed by atoms with Crippen molar-refractivity contribution in [3.8, 4) is 0 Å². The molecule has 3 nitrogen and oxygen atoms in total. The fraction of sp³-hybridized carbons (Fsp3) is 0.571. The number of pyridine rings is 1. The van der Waals surface area contributed by atoms with E-state index in [1.54, 1.807) is 6.20 Å². The Morgan fingerprint density at radius 1 is 1.00 bits per heavy atom. The summed E-state index contributed by atoms with van der Waals surface area (Å²) in [6.07, 6.45) is 1.79. The zero-order valence-electron chi connectivity index (χ0n) is 11.5. The Labute approximate surface area is 102 Å². The molecule has 0 bridgehead atoms. The van der Waals surface area contributed by atoms with Gasteiger partial charge in [-0.25, -0.2) is 4.98 Å². The van der Waals surface area contributed by atoms with Crippen molar-refractivity contribution < 1.29 is 4.42 Å². The minimum atomic E-state index is -0.0752. The third-order valence-electron chi connectivity index (χ3n) is 2.66. The second kappa shape index (κ2) is 3.56. The van der Waals surface area contributed by atoms with E-state index in [0.29, 0.717) is 0 Å². The Kier molecular flexibility index (Phi) is 2.53. The molecule has 0 aromatic carbocycles. The van der Waals surface area contributed by atoms with E-state index in [1.807, 2.05) is 6.07 Å². The monoisotopic (exact) mass is 232 g/mol. The summed E-state index contributed by atoms with van der Waals surface area (Å²) in [5, 5.41) is 0.